The van der Waals surface area contributed by atoms with Gasteiger partial charge in [-0.2, -0.15) is 4.80 Å². The second-order valence-electron chi connectivity index (χ2n) is 6.81. The molecule has 0 bridgehead atoms. The van der Waals surface area contributed by atoms with Crippen LogP contribution < -0.4 is 0 Å². The van der Waals surface area contributed by atoms with Gasteiger partial charge in [-0.05, 0) is 47.5 Å². The summed E-state index contributed by atoms with van der Waals surface area (Å²) in [7, 11) is 0. The minimum absolute atomic E-state index is 0.250. The maximum atomic E-state index is 12.9. The van der Waals surface area contributed by atoms with E-state index in [2.05, 4.69) is 22.0 Å². The first-order valence-electron chi connectivity index (χ1n) is 9.35. The molecule has 0 atom stereocenters. The number of hydrogen-bond acceptors (Lipinski definition) is 2. The summed E-state index contributed by atoms with van der Waals surface area (Å²) in [5.41, 5.74) is 3.99. The molecule has 0 aliphatic carbocycles. The molecule has 1 aromatic heterocycles. The van der Waals surface area contributed by atoms with E-state index in [9.17, 15) is 9.18 Å². The number of carboxylic acids is 1. The fourth-order valence-electron chi connectivity index (χ4n) is 2.96. The van der Waals surface area contributed by atoms with Gasteiger partial charge in [0.15, 0.2) is 5.82 Å². The molecule has 2 N–H and O–H groups in total. The highest BCUT2D eigenvalue weighted by Crippen LogP contribution is 2.17. The van der Waals surface area contributed by atoms with E-state index in [4.69, 9.17) is 5.11 Å². The lowest BCUT2D eigenvalue weighted by molar-refractivity contribution is 0.0697. The van der Waals surface area contributed by atoms with Crippen molar-refractivity contribution in [3.05, 3.63) is 101 Å². The maximum absolute atomic E-state index is 12.9. The van der Waals surface area contributed by atoms with Crippen LogP contribution in [0.5, 0.6) is 0 Å². The number of nitrogens with one attached hydrogen (secondary N) is 1. The molecular weight excluding hydrogens is 381 g/mol. The third kappa shape index (κ3) is 4.65. The van der Waals surface area contributed by atoms with Gasteiger partial charge in [-0.1, -0.05) is 48.2 Å². The van der Waals surface area contributed by atoms with Crippen LogP contribution in [0.3, 0.4) is 0 Å². The molecule has 1 heterocycles. The summed E-state index contributed by atoms with van der Waals surface area (Å²) < 4.78 is 12.9. The SMILES string of the molecule is O=C(O)c1ccc(Cn2nc(-c3cccc(C#CCc4ccc(F)cc4)c3)[nH]2)cc1. The Kier molecular flexibility index (Phi) is 5.44. The van der Waals surface area contributed by atoms with E-state index in [-0.39, 0.29) is 11.4 Å². The summed E-state index contributed by atoms with van der Waals surface area (Å²) in [5.74, 6) is 5.80. The number of hydrogen-bond donors (Lipinski definition) is 2. The Balaban J connectivity index is 1.39. The number of aromatic amines is 1. The van der Waals surface area contributed by atoms with Gasteiger partial charge in [-0.25, -0.2) is 9.18 Å². The van der Waals surface area contributed by atoms with Crippen molar-refractivity contribution in [1.82, 2.24) is 15.0 Å². The van der Waals surface area contributed by atoms with Gasteiger partial charge in [-0.15, -0.1) is 5.10 Å². The lowest BCUT2D eigenvalue weighted by atomic mass is 10.1. The number of carbonyl (C=O) groups is 1. The zero-order valence-corrected chi connectivity index (χ0v) is 16.0. The number of H-pyrrole nitrogens is 1. The summed E-state index contributed by atoms with van der Waals surface area (Å²) in [6.07, 6.45) is 0.554. The second kappa shape index (κ2) is 8.50. The van der Waals surface area contributed by atoms with Crippen molar-refractivity contribution in [2.75, 3.05) is 0 Å². The van der Waals surface area contributed by atoms with Crippen LogP contribution in [-0.2, 0) is 13.0 Å². The summed E-state index contributed by atoms with van der Waals surface area (Å²) in [6, 6.07) is 20.8. The summed E-state index contributed by atoms with van der Waals surface area (Å²) in [4.78, 5) is 12.6. The molecule has 3 aromatic carbocycles. The molecule has 0 saturated heterocycles. The maximum Gasteiger partial charge on any atom is 0.335 e. The van der Waals surface area contributed by atoms with Crippen LogP contribution in [-0.4, -0.2) is 26.1 Å². The first kappa shape index (κ1) is 19.2. The average Bonchev–Trinajstić information content (AvgIpc) is 2.72. The second-order valence-corrected chi connectivity index (χ2v) is 6.81. The molecule has 0 saturated carbocycles. The standard InChI is InChI=1S/C24H18FN3O2/c25-22-13-9-17(10-14-22)3-1-4-18-5-2-6-21(15-18)23-26-28(27-23)16-19-7-11-20(12-8-19)24(29)30/h2,5-15H,3,16H2,(H,26,27)(H,29,30). The van der Waals surface area contributed by atoms with Gasteiger partial charge >= 0.3 is 5.97 Å². The predicted octanol–water partition coefficient (Wildman–Crippen LogP) is 4.36. The van der Waals surface area contributed by atoms with Crippen molar-refractivity contribution in [3.8, 4) is 23.2 Å². The average molecular weight is 399 g/mol. The van der Waals surface area contributed by atoms with Gasteiger partial charge in [0, 0.05) is 17.5 Å². The van der Waals surface area contributed by atoms with Crippen LogP contribution in [0.25, 0.3) is 11.4 Å². The fourth-order valence-corrected chi connectivity index (χ4v) is 2.96. The molecule has 4 aromatic rings. The largest absolute Gasteiger partial charge is 0.478 e. The van der Waals surface area contributed by atoms with E-state index >= 15 is 0 Å². The Morgan fingerprint density at radius 3 is 2.43 bits per heavy atom. The van der Waals surface area contributed by atoms with E-state index in [0.717, 1.165) is 28.1 Å². The number of rotatable bonds is 5. The van der Waals surface area contributed by atoms with Crippen LogP contribution in [0.1, 0.15) is 27.0 Å². The molecule has 6 heteroatoms. The Morgan fingerprint density at radius 2 is 1.73 bits per heavy atom. The van der Waals surface area contributed by atoms with Gasteiger partial charge < -0.3 is 5.11 Å². The summed E-state index contributed by atoms with van der Waals surface area (Å²) in [5, 5.41) is 16.6. The fraction of sp³-hybridized carbons (Fsp3) is 0.0833. The molecule has 0 spiro atoms. The van der Waals surface area contributed by atoms with Crippen molar-refractivity contribution in [1.29, 1.82) is 0 Å². The third-order valence-electron chi connectivity index (χ3n) is 4.56. The minimum Gasteiger partial charge on any atom is -0.478 e. The van der Waals surface area contributed by atoms with Crippen molar-refractivity contribution in [3.63, 3.8) is 0 Å². The first-order chi connectivity index (χ1) is 14.6. The zero-order valence-electron chi connectivity index (χ0n) is 16.0. The summed E-state index contributed by atoms with van der Waals surface area (Å²) >= 11 is 0. The Morgan fingerprint density at radius 1 is 1.03 bits per heavy atom. The van der Waals surface area contributed by atoms with Gasteiger partial charge in [-0.3, -0.25) is 5.10 Å². The van der Waals surface area contributed by atoms with Crippen LogP contribution in [0.15, 0.2) is 72.8 Å². The summed E-state index contributed by atoms with van der Waals surface area (Å²) in [6.45, 7) is 0.528. The molecule has 0 radical (unpaired) electrons. The van der Waals surface area contributed by atoms with Gasteiger partial charge in [0.1, 0.15) is 5.82 Å². The normalized spacial score (nSPS) is 10.4. The highest BCUT2D eigenvalue weighted by Gasteiger charge is 2.08. The molecular formula is C24H18FN3O2. The minimum atomic E-state index is -0.940. The molecule has 0 aliphatic rings. The van der Waals surface area contributed by atoms with Crippen molar-refractivity contribution >= 4 is 5.97 Å². The Labute approximate surface area is 172 Å². The topological polar surface area (TPSA) is 70.9 Å². The molecule has 0 fully saturated rings. The number of nitrogens with zero attached hydrogens (tertiary/aromatic N) is 2. The number of aromatic carboxylic acids is 1. The molecule has 0 unspecified atom stereocenters. The monoisotopic (exact) mass is 399 g/mol. The van der Waals surface area contributed by atoms with Crippen LogP contribution in [0.4, 0.5) is 4.39 Å². The van der Waals surface area contributed by atoms with E-state index in [0.29, 0.717) is 13.0 Å². The van der Waals surface area contributed by atoms with Crippen LogP contribution in [0, 0.1) is 17.7 Å². The van der Waals surface area contributed by atoms with Gasteiger partial charge in [0.2, 0.25) is 0 Å². The van der Waals surface area contributed by atoms with E-state index in [1.165, 1.54) is 12.1 Å². The van der Waals surface area contributed by atoms with Gasteiger partial charge in [0.05, 0.1) is 12.1 Å². The van der Waals surface area contributed by atoms with Gasteiger partial charge in [0.25, 0.3) is 0 Å². The predicted molar refractivity (Wildman–Crippen MR) is 111 cm³/mol. The molecule has 0 aliphatic heterocycles. The van der Waals surface area contributed by atoms with E-state index in [1.54, 1.807) is 41.2 Å². The quantitative estimate of drug-likeness (QED) is 0.490. The number of halogens is 1. The number of carboxylic acid groups (broad SMARTS) is 1. The molecule has 0 amide bonds. The molecule has 30 heavy (non-hydrogen) atoms. The number of benzene rings is 3. The highest BCUT2D eigenvalue weighted by molar-refractivity contribution is 5.87. The highest BCUT2D eigenvalue weighted by atomic mass is 19.1. The van der Waals surface area contributed by atoms with E-state index < -0.39 is 5.97 Å². The lowest BCUT2D eigenvalue weighted by Gasteiger charge is -2.14. The zero-order chi connectivity index (χ0) is 20.9. The van der Waals surface area contributed by atoms with Crippen molar-refractivity contribution in [2.45, 2.75) is 13.0 Å². The molecule has 4 rings (SSSR count). The van der Waals surface area contributed by atoms with Crippen LogP contribution in [0.2, 0.25) is 0 Å². The Bertz CT molecular complexity index is 1210. The van der Waals surface area contributed by atoms with E-state index in [1.807, 2.05) is 24.3 Å². The third-order valence-corrected chi connectivity index (χ3v) is 4.56. The first-order valence-corrected chi connectivity index (χ1v) is 9.35. The van der Waals surface area contributed by atoms with Crippen molar-refractivity contribution < 1.29 is 14.3 Å². The smallest absolute Gasteiger partial charge is 0.335 e. The lowest BCUT2D eigenvalue weighted by Crippen LogP contribution is -2.17. The van der Waals surface area contributed by atoms with Crippen LogP contribution >= 0.6 is 0 Å². The Hall–Kier alpha value is -4.11. The molecule has 5 nitrogen and oxygen atoms in total. The van der Waals surface area contributed by atoms with Crippen molar-refractivity contribution in [2.24, 2.45) is 0 Å². The number of aromatic nitrogens is 3. The molecule has 148 valence electrons.